The Morgan fingerprint density at radius 2 is 1.68 bits per heavy atom. The summed E-state index contributed by atoms with van der Waals surface area (Å²) in [6.07, 6.45) is 0. The standard InChI is InChI=1S/C16H15FN2O3/c17-11-1-3-12(4-2-11)19-16(20)10-18-13-5-6-14-15(9-13)22-8-7-21-14/h1-6,9,18H,7-8,10H2,(H,19,20). The van der Waals surface area contributed by atoms with Crippen molar-refractivity contribution in [3.63, 3.8) is 0 Å². The second kappa shape index (κ2) is 6.34. The molecule has 2 aromatic rings. The van der Waals surface area contributed by atoms with Crippen molar-refractivity contribution in [1.29, 1.82) is 0 Å². The van der Waals surface area contributed by atoms with Gasteiger partial charge in [0, 0.05) is 17.4 Å². The Hall–Kier alpha value is -2.76. The van der Waals surface area contributed by atoms with E-state index in [1.54, 1.807) is 12.1 Å². The lowest BCUT2D eigenvalue weighted by molar-refractivity contribution is -0.114. The zero-order chi connectivity index (χ0) is 15.4. The van der Waals surface area contributed by atoms with Crippen molar-refractivity contribution in [3.8, 4) is 11.5 Å². The highest BCUT2D eigenvalue weighted by atomic mass is 19.1. The largest absolute Gasteiger partial charge is 0.486 e. The van der Waals surface area contributed by atoms with Crippen LogP contribution in [-0.4, -0.2) is 25.7 Å². The number of hydrogen-bond donors (Lipinski definition) is 2. The minimum absolute atomic E-state index is 0.0943. The van der Waals surface area contributed by atoms with E-state index in [2.05, 4.69) is 10.6 Å². The second-order valence-corrected chi connectivity index (χ2v) is 4.77. The number of carbonyl (C=O) groups excluding carboxylic acids is 1. The smallest absolute Gasteiger partial charge is 0.243 e. The Morgan fingerprint density at radius 1 is 1.00 bits per heavy atom. The van der Waals surface area contributed by atoms with E-state index >= 15 is 0 Å². The number of benzene rings is 2. The molecule has 114 valence electrons. The van der Waals surface area contributed by atoms with Crippen molar-refractivity contribution in [1.82, 2.24) is 0 Å². The lowest BCUT2D eigenvalue weighted by atomic mass is 10.2. The molecular formula is C16H15FN2O3. The van der Waals surface area contributed by atoms with Crippen LogP contribution in [0.15, 0.2) is 42.5 Å². The molecule has 0 saturated heterocycles. The van der Waals surface area contributed by atoms with Crippen LogP contribution < -0.4 is 20.1 Å². The predicted octanol–water partition coefficient (Wildman–Crippen LogP) is 2.65. The van der Waals surface area contributed by atoms with Gasteiger partial charge in [-0.2, -0.15) is 0 Å². The molecule has 3 rings (SSSR count). The zero-order valence-corrected chi connectivity index (χ0v) is 11.8. The monoisotopic (exact) mass is 302 g/mol. The van der Waals surface area contributed by atoms with Gasteiger partial charge in [0.2, 0.25) is 5.91 Å². The van der Waals surface area contributed by atoms with Crippen molar-refractivity contribution in [2.45, 2.75) is 0 Å². The Balaban J connectivity index is 1.55. The molecule has 0 fully saturated rings. The van der Waals surface area contributed by atoms with Crippen LogP contribution in [0.5, 0.6) is 11.5 Å². The number of ether oxygens (including phenoxy) is 2. The molecule has 1 aliphatic rings. The Labute approximate surface area is 127 Å². The van der Waals surface area contributed by atoms with E-state index in [1.165, 1.54) is 24.3 Å². The molecule has 0 radical (unpaired) electrons. The molecule has 0 atom stereocenters. The normalized spacial score (nSPS) is 12.6. The van der Waals surface area contributed by atoms with E-state index in [0.717, 1.165) is 5.69 Å². The van der Waals surface area contributed by atoms with Gasteiger partial charge in [0.25, 0.3) is 0 Å². The maximum absolute atomic E-state index is 12.8. The second-order valence-electron chi connectivity index (χ2n) is 4.77. The van der Waals surface area contributed by atoms with Gasteiger partial charge in [0.1, 0.15) is 19.0 Å². The van der Waals surface area contributed by atoms with Crippen LogP contribution >= 0.6 is 0 Å². The fraction of sp³-hybridized carbons (Fsp3) is 0.188. The molecular weight excluding hydrogens is 287 g/mol. The summed E-state index contributed by atoms with van der Waals surface area (Å²) in [6.45, 7) is 1.15. The Bertz CT molecular complexity index is 674. The first-order chi connectivity index (χ1) is 10.7. The molecule has 22 heavy (non-hydrogen) atoms. The predicted molar refractivity (Wildman–Crippen MR) is 81.0 cm³/mol. The first-order valence-electron chi connectivity index (χ1n) is 6.90. The molecule has 0 aromatic heterocycles. The molecule has 0 saturated carbocycles. The van der Waals surface area contributed by atoms with Crippen LogP contribution in [0.3, 0.4) is 0 Å². The van der Waals surface area contributed by atoms with Gasteiger partial charge in [-0.25, -0.2) is 4.39 Å². The maximum Gasteiger partial charge on any atom is 0.243 e. The number of amides is 1. The molecule has 2 aromatic carbocycles. The number of rotatable bonds is 4. The van der Waals surface area contributed by atoms with Crippen molar-refractivity contribution >= 4 is 17.3 Å². The molecule has 1 aliphatic heterocycles. The third-order valence-electron chi connectivity index (χ3n) is 3.12. The quantitative estimate of drug-likeness (QED) is 0.911. The van der Waals surface area contributed by atoms with Gasteiger partial charge < -0.3 is 20.1 Å². The van der Waals surface area contributed by atoms with Gasteiger partial charge in [-0.15, -0.1) is 0 Å². The number of nitrogens with one attached hydrogen (secondary N) is 2. The lowest BCUT2D eigenvalue weighted by Gasteiger charge is -2.19. The average Bonchev–Trinajstić information content (AvgIpc) is 2.55. The van der Waals surface area contributed by atoms with Gasteiger partial charge in [-0.3, -0.25) is 4.79 Å². The van der Waals surface area contributed by atoms with Crippen LogP contribution in [0.4, 0.5) is 15.8 Å². The molecule has 1 amide bonds. The molecule has 2 N–H and O–H groups in total. The van der Waals surface area contributed by atoms with Crippen LogP contribution in [-0.2, 0) is 4.79 Å². The Morgan fingerprint density at radius 3 is 2.45 bits per heavy atom. The third kappa shape index (κ3) is 3.46. The SMILES string of the molecule is O=C(CNc1ccc2c(c1)OCCO2)Nc1ccc(F)cc1. The first kappa shape index (κ1) is 14.2. The Kier molecular flexibility index (Phi) is 4.09. The minimum atomic E-state index is -0.340. The third-order valence-corrected chi connectivity index (χ3v) is 3.12. The van der Waals surface area contributed by atoms with Crippen LogP contribution in [0.1, 0.15) is 0 Å². The highest BCUT2D eigenvalue weighted by Gasteiger charge is 2.12. The summed E-state index contributed by atoms with van der Waals surface area (Å²) in [7, 11) is 0. The van der Waals surface area contributed by atoms with Crippen LogP contribution in [0.25, 0.3) is 0 Å². The number of anilines is 2. The van der Waals surface area contributed by atoms with Crippen molar-refractivity contribution in [3.05, 3.63) is 48.3 Å². The summed E-state index contributed by atoms with van der Waals surface area (Å²) in [6, 6.07) is 11.0. The summed E-state index contributed by atoms with van der Waals surface area (Å²) < 4.78 is 23.7. The molecule has 6 heteroatoms. The number of halogens is 1. The van der Waals surface area contributed by atoms with Gasteiger partial charge in [0.15, 0.2) is 11.5 Å². The highest BCUT2D eigenvalue weighted by Crippen LogP contribution is 2.32. The first-order valence-corrected chi connectivity index (χ1v) is 6.90. The van der Waals surface area contributed by atoms with E-state index in [1.807, 2.05) is 6.07 Å². The number of carbonyl (C=O) groups is 1. The average molecular weight is 302 g/mol. The minimum Gasteiger partial charge on any atom is -0.486 e. The van der Waals surface area contributed by atoms with E-state index in [0.29, 0.717) is 30.4 Å². The fourth-order valence-electron chi connectivity index (χ4n) is 2.07. The molecule has 0 aliphatic carbocycles. The summed E-state index contributed by atoms with van der Waals surface area (Å²) in [5.41, 5.74) is 1.31. The fourth-order valence-corrected chi connectivity index (χ4v) is 2.07. The lowest BCUT2D eigenvalue weighted by Crippen LogP contribution is -2.22. The summed E-state index contributed by atoms with van der Waals surface area (Å²) in [4.78, 5) is 11.8. The summed E-state index contributed by atoms with van der Waals surface area (Å²) >= 11 is 0. The van der Waals surface area contributed by atoms with Crippen molar-refractivity contribution < 1.29 is 18.7 Å². The summed E-state index contributed by atoms with van der Waals surface area (Å²) in [5.74, 6) is 0.802. The summed E-state index contributed by atoms with van der Waals surface area (Å²) in [5, 5.41) is 5.68. The van der Waals surface area contributed by atoms with Crippen LogP contribution in [0.2, 0.25) is 0 Å². The molecule has 0 bridgehead atoms. The van der Waals surface area contributed by atoms with Gasteiger partial charge in [0.05, 0.1) is 6.54 Å². The van der Waals surface area contributed by atoms with E-state index in [9.17, 15) is 9.18 Å². The molecule has 0 spiro atoms. The van der Waals surface area contributed by atoms with Crippen molar-refractivity contribution in [2.24, 2.45) is 0 Å². The van der Waals surface area contributed by atoms with E-state index in [4.69, 9.17) is 9.47 Å². The zero-order valence-electron chi connectivity index (χ0n) is 11.8. The van der Waals surface area contributed by atoms with Gasteiger partial charge in [-0.05, 0) is 36.4 Å². The number of fused-ring (bicyclic) bond motifs is 1. The van der Waals surface area contributed by atoms with E-state index < -0.39 is 0 Å². The van der Waals surface area contributed by atoms with Crippen molar-refractivity contribution in [2.75, 3.05) is 30.4 Å². The molecule has 0 unspecified atom stereocenters. The molecule has 1 heterocycles. The topological polar surface area (TPSA) is 59.6 Å². The van der Waals surface area contributed by atoms with Gasteiger partial charge in [-0.1, -0.05) is 0 Å². The highest BCUT2D eigenvalue weighted by molar-refractivity contribution is 5.93. The maximum atomic E-state index is 12.8. The van der Waals surface area contributed by atoms with Gasteiger partial charge >= 0.3 is 0 Å². The van der Waals surface area contributed by atoms with E-state index in [-0.39, 0.29) is 18.3 Å². The van der Waals surface area contributed by atoms with Crippen LogP contribution in [0, 0.1) is 5.82 Å². The number of hydrogen-bond acceptors (Lipinski definition) is 4. The molecule has 5 nitrogen and oxygen atoms in total.